The van der Waals surface area contributed by atoms with E-state index in [-0.39, 0.29) is 0 Å². The zero-order chi connectivity index (χ0) is 16.8. The van der Waals surface area contributed by atoms with E-state index in [1.165, 1.54) is 50.2 Å². The van der Waals surface area contributed by atoms with Crippen molar-refractivity contribution in [2.45, 2.75) is 38.5 Å². The SMILES string of the molecule is CN=C(NCC(C)c1cccs1)N1CCC(CN2CCCCC2)C1. The van der Waals surface area contributed by atoms with Crippen molar-refractivity contribution in [3.05, 3.63) is 22.4 Å². The molecule has 0 aromatic carbocycles. The van der Waals surface area contributed by atoms with E-state index in [1.54, 1.807) is 0 Å². The molecule has 1 aromatic rings. The van der Waals surface area contributed by atoms with Crippen LogP contribution >= 0.6 is 11.3 Å². The summed E-state index contributed by atoms with van der Waals surface area (Å²) >= 11 is 1.84. The number of piperidine rings is 1. The molecule has 0 saturated carbocycles. The number of guanidine groups is 1. The summed E-state index contributed by atoms with van der Waals surface area (Å²) in [7, 11) is 1.91. The maximum Gasteiger partial charge on any atom is 0.193 e. The van der Waals surface area contributed by atoms with Crippen molar-refractivity contribution in [1.82, 2.24) is 15.1 Å². The predicted molar refractivity (Wildman–Crippen MR) is 104 cm³/mol. The van der Waals surface area contributed by atoms with Gasteiger partial charge in [0.25, 0.3) is 0 Å². The van der Waals surface area contributed by atoms with Gasteiger partial charge in [0.05, 0.1) is 0 Å². The molecule has 2 aliphatic rings. The zero-order valence-electron chi connectivity index (χ0n) is 15.2. The third-order valence-corrected chi connectivity index (χ3v) is 6.46. The Bertz CT molecular complexity index is 507. The van der Waals surface area contributed by atoms with Crippen LogP contribution in [-0.2, 0) is 0 Å². The highest BCUT2D eigenvalue weighted by atomic mass is 32.1. The molecule has 1 aromatic heterocycles. The molecule has 4 nitrogen and oxygen atoms in total. The van der Waals surface area contributed by atoms with Gasteiger partial charge in [0.15, 0.2) is 5.96 Å². The summed E-state index contributed by atoms with van der Waals surface area (Å²) in [5.41, 5.74) is 0. The second-order valence-corrected chi connectivity index (χ2v) is 8.29. The molecule has 2 saturated heterocycles. The van der Waals surface area contributed by atoms with Gasteiger partial charge >= 0.3 is 0 Å². The van der Waals surface area contributed by atoms with Crippen LogP contribution in [0.4, 0.5) is 0 Å². The highest BCUT2D eigenvalue weighted by molar-refractivity contribution is 7.10. The molecular formula is C19H32N4S. The number of hydrogen-bond donors (Lipinski definition) is 1. The first-order chi connectivity index (χ1) is 11.8. The first kappa shape index (κ1) is 17.7. The number of aliphatic imine (C=N–C) groups is 1. The minimum atomic E-state index is 0.536. The van der Waals surface area contributed by atoms with Crippen LogP contribution in [0.3, 0.4) is 0 Å². The Balaban J connectivity index is 1.44. The number of likely N-dealkylation sites (tertiary alicyclic amines) is 2. The highest BCUT2D eigenvalue weighted by Crippen LogP contribution is 2.21. The van der Waals surface area contributed by atoms with Gasteiger partial charge in [-0.2, -0.15) is 0 Å². The molecule has 1 N–H and O–H groups in total. The molecule has 134 valence electrons. The van der Waals surface area contributed by atoms with Crippen LogP contribution in [-0.4, -0.2) is 62.1 Å². The molecule has 24 heavy (non-hydrogen) atoms. The van der Waals surface area contributed by atoms with E-state index in [4.69, 9.17) is 0 Å². The van der Waals surface area contributed by atoms with Crippen LogP contribution < -0.4 is 5.32 Å². The van der Waals surface area contributed by atoms with E-state index in [2.05, 4.69) is 44.5 Å². The summed E-state index contributed by atoms with van der Waals surface area (Å²) in [5, 5.41) is 5.75. The van der Waals surface area contributed by atoms with Gasteiger partial charge < -0.3 is 15.1 Å². The Kier molecular flexibility index (Phi) is 6.55. The van der Waals surface area contributed by atoms with E-state index < -0.39 is 0 Å². The number of nitrogens with one attached hydrogen (secondary N) is 1. The second-order valence-electron chi connectivity index (χ2n) is 7.31. The molecule has 2 fully saturated rings. The Labute approximate surface area is 150 Å². The summed E-state index contributed by atoms with van der Waals surface area (Å²) in [6.07, 6.45) is 5.50. The van der Waals surface area contributed by atoms with Crippen LogP contribution in [0.5, 0.6) is 0 Å². The Morgan fingerprint density at radius 2 is 2.17 bits per heavy atom. The van der Waals surface area contributed by atoms with Crippen LogP contribution in [0.25, 0.3) is 0 Å². The molecule has 3 rings (SSSR count). The molecule has 0 amide bonds. The molecule has 0 radical (unpaired) electrons. The van der Waals surface area contributed by atoms with Crippen LogP contribution in [0.1, 0.15) is 43.4 Å². The lowest BCUT2D eigenvalue weighted by Crippen LogP contribution is -2.42. The van der Waals surface area contributed by atoms with E-state index in [0.29, 0.717) is 5.92 Å². The van der Waals surface area contributed by atoms with Gasteiger partial charge in [0.1, 0.15) is 0 Å². The van der Waals surface area contributed by atoms with Crippen LogP contribution in [0.15, 0.2) is 22.5 Å². The number of thiophene rings is 1. The number of rotatable bonds is 5. The van der Waals surface area contributed by atoms with Crippen molar-refractivity contribution in [2.24, 2.45) is 10.9 Å². The molecule has 2 aliphatic heterocycles. The fraction of sp³-hybridized carbons (Fsp3) is 0.737. The van der Waals surface area contributed by atoms with Crippen LogP contribution in [0, 0.1) is 5.92 Å². The maximum absolute atomic E-state index is 4.53. The monoisotopic (exact) mass is 348 g/mol. The maximum atomic E-state index is 4.53. The Morgan fingerprint density at radius 1 is 1.33 bits per heavy atom. The summed E-state index contributed by atoms with van der Waals surface area (Å²) in [4.78, 5) is 11.1. The first-order valence-corrected chi connectivity index (χ1v) is 10.4. The van der Waals surface area contributed by atoms with Gasteiger partial charge in [-0.25, -0.2) is 0 Å². The number of nitrogens with zero attached hydrogens (tertiary/aromatic N) is 3. The third kappa shape index (κ3) is 4.73. The largest absolute Gasteiger partial charge is 0.356 e. The lowest BCUT2D eigenvalue weighted by molar-refractivity contribution is 0.198. The van der Waals surface area contributed by atoms with E-state index in [9.17, 15) is 0 Å². The van der Waals surface area contributed by atoms with Crippen molar-refractivity contribution in [3.8, 4) is 0 Å². The van der Waals surface area contributed by atoms with Gasteiger partial charge in [-0.3, -0.25) is 4.99 Å². The lowest BCUT2D eigenvalue weighted by Gasteiger charge is -2.29. The molecule has 2 atom stereocenters. The molecule has 0 aliphatic carbocycles. The van der Waals surface area contributed by atoms with Crippen LogP contribution in [0.2, 0.25) is 0 Å². The van der Waals surface area contributed by atoms with Gasteiger partial charge in [0, 0.05) is 44.0 Å². The van der Waals surface area contributed by atoms with Crippen molar-refractivity contribution >= 4 is 17.3 Å². The molecule has 2 unspecified atom stereocenters. The Hall–Kier alpha value is -1.07. The minimum absolute atomic E-state index is 0.536. The van der Waals surface area contributed by atoms with Crippen molar-refractivity contribution in [3.63, 3.8) is 0 Å². The minimum Gasteiger partial charge on any atom is -0.356 e. The van der Waals surface area contributed by atoms with Crippen molar-refractivity contribution in [1.29, 1.82) is 0 Å². The van der Waals surface area contributed by atoms with Gasteiger partial charge in [0.2, 0.25) is 0 Å². The predicted octanol–water partition coefficient (Wildman–Crippen LogP) is 3.23. The normalized spacial score (nSPS) is 24.3. The smallest absolute Gasteiger partial charge is 0.193 e. The molecule has 3 heterocycles. The summed E-state index contributed by atoms with van der Waals surface area (Å²) in [5.74, 6) is 2.42. The topological polar surface area (TPSA) is 30.9 Å². The summed E-state index contributed by atoms with van der Waals surface area (Å²) < 4.78 is 0. The highest BCUT2D eigenvalue weighted by Gasteiger charge is 2.27. The van der Waals surface area contributed by atoms with Gasteiger partial charge in [-0.1, -0.05) is 19.4 Å². The lowest BCUT2D eigenvalue weighted by atomic mass is 10.1. The molecule has 5 heteroatoms. The number of hydrogen-bond acceptors (Lipinski definition) is 3. The van der Waals surface area contributed by atoms with Gasteiger partial charge in [-0.15, -0.1) is 11.3 Å². The Morgan fingerprint density at radius 3 is 2.88 bits per heavy atom. The molecular weight excluding hydrogens is 316 g/mol. The van der Waals surface area contributed by atoms with E-state index >= 15 is 0 Å². The van der Waals surface area contributed by atoms with E-state index in [1.807, 2.05) is 18.4 Å². The van der Waals surface area contributed by atoms with Crippen molar-refractivity contribution in [2.75, 3.05) is 46.3 Å². The third-order valence-electron chi connectivity index (χ3n) is 5.36. The van der Waals surface area contributed by atoms with E-state index in [0.717, 1.165) is 31.5 Å². The summed E-state index contributed by atoms with van der Waals surface area (Å²) in [6, 6.07) is 4.36. The van der Waals surface area contributed by atoms with Gasteiger partial charge in [-0.05, 0) is 49.7 Å². The fourth-order valence-corrected chi connectivity index (χ4v) is 4.72. The summed E-state index contributed by atoms with van der Waals surface area (Å²) in [6.45, 7) is 9.44. The average molecular weight is 349 g/mol. The standard InChI is InChI=1S/C19H32N4S/c1-16(18-7-6-12-24-18)13-21-19(20-2)23-11-8-17(15-23)14-22-9-4-3-5-10-22/h6-7,12,16-17H,3-5,8-11,13-15H2,1-2H3,(H,20,21). The van der Waals surface area contributed by atoms with Crippen molar-refractivity contribution < 1.29 is 0 Å². The first-order valence-electron chi connectivity index (χ1n) is 9.47. The second kappa shape index (κ2) is 8.86. The zero-order valence-corrected chi connectivity index (χ0v) is 16.0. The fourth-order valence-electron chi connectivity index (χ4n) is 3.93. The quantitative estimate of drug-likeness (QED) is 0.655. The molecule has 0 bridgehead atoms. The molecule has 0 spiro atoms. The average Bonchev–Trinajstić information content (AvgIpc) is 3.28.